The number of nitrogens with one attached hydrogen (secondary N) is 2. The van der Waals surface area contributed by atoms with Crippen LogP contribution in [-0.2, 0) is 4.79 Å². The number of carbonyl (C=O) groups excluding carboxylic acids is 1. The highest BCUT2D eigenvalue weighted by Crippen LogP contribution is 2.16. The fourth-order valence-corrected chi connectivity index (χ4v) is 2.49. The molecule has 1 aromatic carbocycles. The molecule has 0 saturated carbocycles. The lowest BCUT2D eigenvalue weighted by atomic mass is 9.96. The number of hydrogen-bond acceptors (Lipinski definition) is 2. The molecule has 1 amide bonds. The van der Waals surface area contributed by atoms with Crippen LogP contribution in [-0.4, -0.2) is 25.5 Å². The van der Waals surface area contributed by atoms with E-state index in [-0.39, 0.29) is 24.2 Å². The Kier molecular flexibility index (Phi) is 7.03. The summed E-state index contributed by atoms with van der Waals surface area (Å²) >= 11 is 0. The van der Waals surface area contributed by atoms with Gasteiger partial charge in [0.2, 0.25) is 5.91 Å². The zero-order chi connectivity index (χ0) is 13.7. The van der Waals surface area contributed by atoms with E-state index in [0.29, 0.717) is 5.92 Å². The highest BCUT2D eigenvalue weighted by Gasteiger charge is 2.20. The maximum Gasteiger partial charge on any atom is 0.223 e. The van der Waals surface area contributed by atoms with Crippen molar-refractivity contribution in [3.05, 3.63) is 35.4 Å². The lowest BCUT2D eigenvalue weighted by Gasteiger charge is -2.22. The SMILES string of the molecule is Cc1ccc(C(C)CNC(=O)C2CCNCC2)cc1.Cl. The first-order valence-electron chi connectivity index (χ1n) is 7.22. The van der Waals surface area contributed by atoms with E-state index in [2.05, 4.69) is 48.7 Å². The Bertz CT molecular complexity index is 413. The summed E-state index contributed by atoms with van der Waals surface area (Å²) in [7, 11) is 0. The first-order valence-corrected chi connectivity index (χ1v) is 7.22. The molecule has 1 aliphatic rings. The van der Waals surface area contributed by atoms with Crippen LogP contribution in [0.5, 0.6) is 0 Å². The van der Waals surface area contributed by atoms with Crippen molar-refractivity contribution in [3.8, 4) is 0 Å². The van der Waals surface area contributed by atoms with Crippen molar-refractivity contribution in [2.45, 2.75) is 32.6 Å². The number of amides is 1. The summed E-state index contributed by atoms with van der Waals surface area (Å²) in [6.45, 7) is 6.91. The molecular formula is C16H25ClN2O. The number of carbonyl (C=O) groups is 1. The Balaban J connectivity index is 0.00000200. The van der Waals surface area contributed by atoms with Crippen LogP contribution in [0.4, 0.5) is 0 Å². The first kappa shape index (κ1) is 17.0. The standard InChI is InChI=1S/C16H24N2O.ClH/c1-12-3-5-14(6-4-12)13(2)11-18-16(19)15-7-9-17-10-8-15;/h3-6,13,15,17H,7-11H2,1-2H3,(H,18,19);1H. The molecule has 112 valence electrons. The molecule has 1 saturated heterocycles. The molecule has 0 spiro atoms. The zero-order valence-electron chi connectivity index (χ0n) is 12.3. The second kappa shape index (κ2) is 8.28. The van der Waals surface area contributed by atoms with Crippen LogP contribution in [0.2, 0.25) is 0 Å². The Morgan fingerprint density at radius 2 is 1.90 bits per heavy atom. The summed E-state index contributed by atoms with van der Waals surface area (Å²) in [5.41, 5.74) is 2.56. The van der Waals surface area contributed by atoms with Crippen LogP contribution in [0, 0.1) is 12.8 Å². The van der Waals surface area contributed by atoms with E-state index in [1.807, 2.05) is 0 Å². The first-order chi connectivity index (χ1) is 9.16. The average Bonchev–Trinajstić information content (AvgIpc) is 2.46. The molecule has 0 aliphatic carbocycles. The van der Waals surface area contributed by atoms with Crippen LogP contribution in [0.25, 0.3) is 0 Å². The second-order valence-corrected chi connectivity index (χ2v) is 5.58. The van der Waals surface area contributed by atoms with Crippen LogP contribution < -0.4 is 10.6 Å². The Labute approximate surface area is 127 Å². The van der Waals surface area contributed by atoms with Gasteiger partial charge in [-0.25, -0.2) is 0 Å². The summed E-state index contributed by atoms with van der Waals surface area (Å²) in [5, 5.41) is 6.38. The molecule has 1 heterocycles. The molecular weight excluding hydrogens is 272 g/mol. The molecule has 1 fully saturated rings. The second-order valence-electron chi connectivity index (χ2n) is 5.58. The Morgan fingerprint density at radius 1 is 1.30 bits per heavy atom. The van der Waals surface area contributed by atoms with Gasteiger partial charge in [0.15, 0.2) is 0 Å². The minimum atomic E-state index is 0. The maximum atomic E-state index is 12.0. The molecule has 1 atom stereocenters. The molecule has 0 aromatic heterocycles. The summed E-state index contributed by atoms with van der Waals surface area (Å²) in [4.78, 5) is 12.0. The number of aryl methyl sites for hydroxylation is 1. The monoisotopic (exact) mass is 296 g/mol. The van der Waals surface area contributed by atoms with Crippen LogP contribution in [0.3, 0.4) is 0 Å². The quantitative estimate of drug-likeness (QED) is 0.897. The van der Waals surface area contributed by atoms with Gasteiger partial charge < -0.3 is 10.6 Å². The number of benzene rings is 1. The minimum Gasteiger partial charge on any atom is -0.355 e. The number of halogens is 1. The lowest BCUT2D eigenvalue weighted by Crippen LogP contribution is -2.39. The van der Waals surface area contributed by atoms with Gasteiger partial charge in [0.25, 0.3) is 0 Å². The highest BCUT2D eigenvalue weighted by molar-refractivity contribution is 5.85. The lowest BCUT2D eigenvalue weighted by molar-refractivity contribution is -0.125. The van der Waals surface area contributed by atoms with E-state index < -0.39 is 0 Å². The summed E-state index contributed by atoms with van der Waals surface area (Å²) in [6, 6.07) is 8.55. The van der Waals surface area contributed by atoms with E-state index >= 15 is 0 Å². The molecule has 2 rings (SSSR count). The van der Waals surface area contributed by atoms with Gasteiger partial charge in [-0.15, -0.1) is 12.4 Å². The van der Waals surface area contributed by atoms with Crippen molar-refractivity contribution < 1.29 is 4.79 Å². The summed E-state index contributed by atoms with van der Waals surface area (Å²) < 4.78 is 0. The van der Waals surface area contributed by atoms with Crippen LogP contribution in [0.1, 0.15) is 36.8 Å². The van der Waals surface area contributed by atoms with E-state index in [4.69, 9.17) is 0 Å². The van der Waals surface area contributed by atoms with Gasteiger partial charge in [-0.2, -0.15) is 0 Å². The normalized spacial score (nSPS) is 17.1. The van der Waals surface area contributed by atoms with Crippen molar-refractivity contribution in [3.63, 3.8) is 0 Å². The van der Waals surface area contributed by atoms with Gasteiger partial charge in [-0.1, -0.05) is 36.8 Å². The van der Waals surface area contributed by atoms with E-state index in [9.17, 15) is 4.79 Å². The van der Waals surface area contributed by atoms with Crippen LogP contribution >= 0.6 is 12.4 Å². The third-order valence-electron chi connectivity index (χ3n) is 3.94. The third kappa shape index (κ3) is 4.80. The predicted octanol–water partition coefficient (Wildman–Crippen LogP) is 2.64. The van der Waals surface area contributed by atoms with Crippen molar-refractivity contribution in [1.29, 1.82) is 0 Å². The molecule has 4 heteroatoms. The summed E-state index contributed by atoms with van der Waals surface area (Å²) in [5.74, 6) is 0.790. The minimum absolute atomic E-state index is 0. The zero-order valence-corrected chi connectivity index (χ0v) is 13.1. The van der Waals surface area contributed by atoms with Gasteiger partial charge in [0.05, 0.1) is 0 Å². The number of piperidine rings is 1. The molecule has 0 bridgehead atoms. The van der Waals surface area contributed by atoms with E-state index in [1.54, 1.807) is 0 Å². The maximum absolute atomic E-state index is 12.0. The van der Waals surface area contributed by atoms with Crippen molar-refractivity contribution in [1.82, 2.24) is 10.6 Å². The summed E-state index contributed by atoms with van der Waals surface area (Å²) in [6.07, 6.45) is 1.93. The van der Waals surface area contributed by atoms with Crippen molar-refractivity contribution in [2.75, 3.05) is 19.6 Å². The molecule has 3 nitrogen and oxygen atoms in total. The largest absolute Gasteiger partial charge is 0.355 e. The van der Waals surface area contributed by atoms with Crippen molar-refractivity contribution >= 4 is 18.3 Å². The van der Waals surface area contributed by atoms with E-state index in [1.165, 1.54) is 11.1 Å². The van der Waals surface area contributed by atoms with E-state index in [0.717, 1.165) is 32.5 Å². The Morgan fingerprint density at radius 3 is 2.50 bits per heavy atom. The average molecular weight is 297 g/mol. The molecule has 0 radical (unpaired) electrons. The molecule has 1 aromatic rings. The number of hydrogen-bond donors (Lipinski definition) is 2. The van der Waals surface area contributed by atoms with Gasteiger partial charge in [-0.3, -0.25) is 4.79 Å². The van der Waals surface area contributed by atoms with Crippen LogP contribution in [0.15, 0.2) is 24.3 Å². The molecule has 2 N–H and O–H groups in total. The smallest absolute Gasteiger partial charge is 0.223 e. The predicted molar refractivity (Wildman–Crippen MR) is 85.4 cm³/mol. The topological polar surface area (TPSA) is 41.1 Å². The fraction of sp³-hybridized carbons (Fsp3) is 0.562. The van der Waals surface area contributed by atoms with Gasteiger partial charge in [0, 0.05) is 12.5 Å². The molecule has 1 unspecified atom stereocenters. The van der Waals surface area contributed by atoms with Gasteiger partial charge >= 0.3 is 0 Å². The molecule has 1 aliphatic heterocycles. The van der Waals surface area contributed by atoms with Gasteiger partial charge in [-0.05, 0) is 44.3 Å². The molecule has 20 heavy (non-hydrogen) atoms. The third-order valence-corrected chi connectivity index (χ3v) is 3.94. The Hall–Kier alpha value is -1.06. The number of rotatable bonds is 4. The van der Waals surface area contributed by atoms with Crippen molar-refractivity contribution in [2.24, 2.45) is 5.92 Å². The van der Waals surface area contributed by atoms with Gasteiger partial charge in [0.1, 0.15) is 0 Å². The fourth-order valence-electron chi connectivity index (χ4n) is 2.49. The highest BCUT2D eigenvalue weighted by atomic mass is 35.5.